The van der Waals surface area contributed by atoms with E-state index in [0.717, 1.165) is 0 Å². The molecule has 2 aromatic rings. The fourth-order valence-corrected chi connectivity index (χ4v) is 3.74. The second-order valence-electron chi connectivity index (χ2n) is 3.75. The summed E-state index contributed by atoms with van der Waals surface area (Å²) in [5, 5.41) is 14.1. The Kier molecular flexibility index (Phi) is 5.59. The van der Waals surface area contributed by atoms with Crippen LogP contribution in [0.4, 0.5) is 5.82 Å². The van der Waals surface area contributed by atoms with E-state index in [0.29, 0.717) is 20.3 Å². The Morgan fingerprint density at radius 3 is 2.57 bits per heavy atom. The number of amides is 2. The van der Waals surface area contributed by atoms with Crippen molar-refractivity contribution in [3.8, 4) is 0 Å². The number of carbonyl (C=O) groups is 2. The minimum absolute atomic E-state index is 0.158. The second kappa shape index (κ2) is 7.43. The van der Waals surface area contributed by atoms with E-state index >= 15 is 0 Å². The minimum Gasteiger partial charge on any atom is -0.369 e. The van der Waals surface area contributed by atoms with E-state index in [1.807, 2.05) is 0 Å². The van der Waals surface area contributed by atoms with Crippen LogP contribution in [0.15, 0.2) is 19.3 Å². The number of aryl methyl sites for hydroxylation is 1. The van der Waals surface area contributed by atoms with Gasteiger partial charge in [0.25, 0.3) is 0 Å². The highest BCUT2D eigenvalue weighted by Crippen LogP contribution is 2.28. The van der Waals surface area contributed by atoms with Gasteiger partial charge in [-0.05, 0) is 6.92 Å². The average molecular weight is 345 g/mol. The summed E-state index contributed by atoms with van der Waals surface area (Å²) in [4.78, 5) is 22.3. The molecule has 2 aromatic heterocycles. The minimum atomic E-state index is -0.410. The molecule has 0 radical (unpaired) electrons. The van der Waals surface area contributed by atoms with Gasteiger partial charge in [0.1, 0.15) is 5.76 Å². The topological polar surface area (TPSA) is 124 Å². The van der Waals surface area contributed by atoms with Gasteiger partial charge in [0.15, 0.2) is 14.5 Å². The van der Waals surface area contributed by atoms with E-state index in [9.17, 15) is 9.59 Å². The van der Waals surface area contributed by atoms with Gasteiger partial charge >= 0.3 is 0 Å². The molecule has 3 N–H and O–H groups in total. The van der Waals surface area contributed by atoms with Crippen LogP contribution in [0.3, 0.4) is 0 Å². The Bertz CT molecular complexity index is 641. The van der Waals surface area contributed by atoms with Gasteiger partial charge in [0.05, 0.1) is 11.5 Å². The SMILES string of the molecule is Cc1cc(NC(=O)CSc2nnc(SCC(N)=O)s2)no1. The number of aromatic nitrogens is 3. The van der Waals surface area contributed by atoms with E-state index in [1.54, 1.807) is 13.0 Å². The Morgan fingerprint density at radius 1 is 1.33 bits per heavy atom. The molecule has 0 aliphatic carbocycles. The zero-order valence-electron chi connectivity index (χ0n) is 10.9. The normalized spacial score (nSPS) is 10.5. The van der Waals surface area contributed by atoms with Crippen LogP contribution in [0.2, 0.25) is 0 Å². The molecule has 21 heavy (non-hydrogen) atoms. The maximum atomic E-state index is 11.7. The van der Waals surface area contributed by atoms with Crippen LogP contribution < -0.4 is 11.1 Å². The molecule has 0 spiro atoms. The van der Waals surface area contributed by atoms with E-state index in [2.05, 4.69) is 20.7 Å². The summed E-state index contributed by atoms with van der Waals surface area (Å²) < 4.78 is 6.13. The Hall–Kier alpha value is -1.59. The van der Waals surface area contributed by atoms with Crippen molar-refractivity contribution in [3.05, 3.63) is 11.8 Å². The Morgan fingerprint density at radius 2 is 2.00 bits per heavy atom. The number of nitrogens with two attached hydrogens (primary N) is 1. The third-order valence-electron chi connectivity index (χ3n) is 1.95. The van der Waals surface area contributed by atoms with Gasteiger partial charge in [-0.1, -0.05) is 40.0 Å². The summed E-state index contributed by atoms with van der Waals surface area (Å²) in [7, 11) is 0. The third-order valence-corrected chi connectivity index (χ3v) is 5.16. The van der Waals surface area contributed by atoms with Crippen LogP contribution in [-0.2, 0) is 9.59 Å². The number of hydrogen-bond donors (Lipinski definition) is 2. The molecule has 2 rings (SSSR count). The molecule has 11 heteroatoms. The highest BCUT2D eigenvalue weighted by molar-refractivity contribution is 8.03. The molecule has 0 atom stereocenters. The van der Waals surface area contributed by atoms with Crippen LogP contribution in [0.1, 0.15) is 5.76 Å². The largest absolute Gasteiger partial charge is 0.369 e. The molecule has 0 aliphatic rings. The van der Waals surface area contributed by atoms with Gasteiger partial charge in [-0.25, -0.2) is 0 Å². The van der Waals surface area contributed by atoms with Gasteiger partial charge in [0, 0.05) is 6.07 Å². The van der Waals surface area contributed by atoms with Crippen molar-refractivity contribution >= 4 is 52.5 Å². The summed E-state index contributed by atoms with van der Waals surface area (Å²) in [5.74, 6) is 0.722. The Labute approximate surface area is 132 Å². The summed E-state index contributed by atoms with van der Waals surface area (Å²) in [6.07, 6.45) is 0. The number of carbonyl (C=O) groups excluding carboxylic acids is 2. The van der Waals surface area contributed by atoms with Gasteiger partial charge in [-0.15, -0.1) is 10.2 Å². The number of primary amides is 1. The second-order valence-corrected chi connectivity index (χ2v) is 7.17. The van der Waals surface area contributed by atoms with Crippen LogP contribution in [0.25, 0.3) is 0 Å². The van der Waals surface area contributed by atoms with E-state index < -0.39 is 5.91 Å². The molecule has 0 fully saturated rings. The number of anilines is 1. The lowest BCUT2D eigenvalue weighted by atomic mass is 10.5. The van der Waals surface area contributed by atoms with Gasteiger partial charge in [-0.3, -0.25) is 9.59 Å². The van der Waals surface area contributed by atoms with E-state index in [1.165, 1.54) is 34.9 Å². The molecule has 0 bridgehead atoms. The summed E-state index contributed by atoms with van der Waals surface area (Å²) in [6, 6.07) is 1.63. The fraction of sp³-hybridized carbons (Fsp3) is 0.300. The third kappa shape index (κ3) is 5.36. The zero-order chi connectivity index (χ0) is 15.2. The van der Waals surface area contributed by atoms with Crippen molar-refractivity contribution < 1.29 is 14.1 Å². The van der Waals surface area contributed by atoms with Crippen molar-refractivity contribution in [2.45, 2.75) is 15.6 Å². The summed E-state index contributed by atoms with van der Waals surface area (Å²) in [6.45, 7) is 1.74. The van der Waals surface area contributed by atoms with Crippen molar-refractivity contribution in [1.82, 2.24) is 15.4 Å². The first-order chi connectivity index (χ1) is 10.0. The molecule has 2 amide bonds. The molecule has 112 valence electrons. The number of nitrogens with zero attached hydrogens (tertiary/aromatic N) is 3. The van der Waals surface area contributed by atoms with Crippen molar-refractivity contribution in [1.29, 1.82) is 0 Å². The number of thioether (sulfide) groups is 2. The Balaban J connectivity index is 1.77. The number of hydrogen-bond acceptors (Lipinski definition) is 9. The maximum Gasteiger partial charge on any atom is 0.236 e. The highest BCUT2D eigenvalue weighted by Gasteiger charge is 2.11. The smallest absolute Gasteiger partial charge is 0.236 e. The number of rotatable bonds is 7. The first kappa shape index (κ1) is 15.8. The number of nitrogens with one attached hydrogen (secondary N) is 1. The predicted octanol–water partition coefficient (Wildman–Crippen LogP) is 1.14. The van der Waals surface area contributed by atoms with Crippen molar-refractivity contribution in [3.63, 3.8) is 0 Å². The molecule has 0 saturated carbocycles. The molecule has 0 aliphatic heterocycles. The molecule has 0 saturated heterocycles. The van der Waals surface area contributed by atoms with E-state index in [-0.39, 0.29) is 17.4 Å². The van der Waals surface area contributed by atoms with Crippen LogP contribution in [0.5, 0.6) is 0 Å². The molecular formula is C10H11N5O3S3. The lowest BCUT2D eigenvalue weighted by Crippen LogP contribution is -2.14. The summed E-state index contributed by atoms with van der Waals surface area (Å²) in [5.41, 5.74) is 5.05. The fourth-order valence-electron chi connectivity index (χ4n) is 1.18. The van der Waals surface area contributed by atoms with Gasteiger partial charge in [-0.2, -0.15) is 0 Å². The van der Waals surface area contributed by atoms with Crippen LogP contribution in [0, 0.1) is 6.92 Å². The quantitative estimate of drug-likeness (QED) is 0.716. The molecule has 0 unspecified atom stereocenters. The average Bonchev–Trinajstić information content (AvgIpc) is 3.03. The predicted molar refractivity (Wildman–Crippen MR) is 80.4 cm³/mol. The van der Waals surface area contributed by atoms with Crippen molar-refractivity contribution in [2.75, 3.05) is 16.8 Å². The molecule has 0 aromatic carbocycles. The molecule has 8 nitrogen and oxygen atoms in total. The monoisotopic (exact) mass is 345 g/mol. The zero-order valence-corrected chi connectivity index (χ0v) is 13.3. The van der Waals surface area contributed by atoms with E-state index in [4.69, 9.17) is 10.3 Å². The van der Waals surface area contributed by atoms with Gasteiger partial charge < -0.3 is 15.6 Å². The van der Waals surface area contributed by atoms with Crippen LogP contribution >= 0.6 is 34.9 Å². The molecule has 2 heterocycles. The lowest BCUT2D eigenvalue weighted by Gasteiger charge is -1.98. The van der Waals surface area contributed by atoms with Gasteiger partial charge in [0.2, 0.25) is 11.8 Å². The standard InChI is InChI=1S/C10H11N5O3S3/c1-5-2-7(15-18-5)12-8(17)4-20-10-14-13-9(21-10)19-3-6(11)16/h2H,3-4H2,1H3,(H2,11,16)(H,12,15,17). The first-order valence-corrected chi connectivity index (χ1v) is 8.42. The highest BCUT2D eigenvalue weighted by atomic mass is 32.2. The van der Waals surface area contributed by atoms with Crippen LogP contribution in [-0.4, -0.2) is 38.7 Å². The lowest BCUT2D eigenvalue weighted by molar-refractivity contribution is -0.115. The first-order valence-electron chi connectivity index (χ1n) is 5.63. The molecular weight excluding hydrogens is 334 g/mol. The van der Waals surface area contributed by atoms with Crippen molar-refractivity contribution in [2.24, 2.45) is 5.73 Å². The summed E-state index contributed by atoms with van der Waals surface area (Å²) >= 11 is 3.79. The maximum absolute atomic E-state index is 11.7.